The summed E-state index contributed by atoms with van der Waals surface area (Å²) in [6.07, 6.45) is -2.84. The van der Waals surface area contributed by atoms with Gasteiger partial charge in [0.15, 0.2) is 5.82 Å². The molecule has 2 fully saturated rings. The molecule has 2 aromatic carbocycles. The van der Waals surface area contributed by atoms with Crippen LogP contribution >= 0.6 is 11.6 Å². The molecule has 0 bridgehead atoms. The molecule has 1 aliphatic heterocycles. The Kier molecular flexibility index (Phi) is 7.14. The van der Waals surface area contributed by atoms with Gasteiger partial charge in [-0.3, -0.25) is 0 Å². The average molecular weight is 485 g/mol. The Morgan fingerprint density at radius 2 is 1.82 bits per heavy atom. The van der Waals surface area contributed by atoms with Crippen LogP contribution in [-0.4, -0.2) is 36.2 Å². The summed E-state index contributed by atoms with van der Waals surface area (Å²) in [6, 6.07) is 10.5. The van der Waals surface area contributed by atoms with Gasteiger partial charge in [-0.05, 0) is 43.7 Å². The number of carbonyl (C=O) groups excluding carboxylic acids is 1. The Bertz CT molecular complexity index is 982. The van der Waals surface area contributed by atoms with E-state index >= 15 is 0 Å². The lowest BCUT2D eigenvalue weighted by atomic mass is 9.91. The monoisotopic (exact) mass is 484 g/mol. The van der Waals surface area contributed by atoms with Crippen molar-refractivity contribution in [2.24, 2.45) is 0 Å². The maximum absolute atomic E-state index is 14.6. The number of likely N-dealkylation sites (tertiary alicyclic amines) is 1. The summed E-state index contributed by atoms with van der Waals surface area (Å²) in [5.74, 6) is -1.51. The zero-order valence-corrected chi connectivity index (χ0v) is 18.6. The van der Waals surface area contributed by atoms with Gasteiger partial charge in [0.05, 0.1) is 16.7 Å². The summed E-state index contributed by atoms with van der Waals surface area (Å²) in [7, 11) is 0. The number of nitrogens with one attached hydrogen (secondary N) is 1. The van der Waals surface area contributed by atoms with E-state index in [1.165, 1.54) is 6.07 Å². The fraction of sp³-hybridized carbons (Fsp3) is 0.458. The van der Waals surface area contributed by atoms with E-state index in [-0.39, 0.29) is 17.6 Å². The second-order valence-corrected chi connectivity index (χ2v) is 8.93. The predicted octanol–water partition coefficient (Wildman–Crippen LogP) is 6.33. The molecule has 9 heteroatoms. The number of nitrogens with zero attached hydrogens (tertiary/aromatic N) is 1. The van der Waals surface area contributed by atoms with Gasteiger partial charge in [-0.2, -0.15) is 13.2 Å². The fourth-order valence-electron chi connectivity index (χ4n) is 4.41. The van der Waals surface area contributed by atoms with E-state index in [4.69, 9.17) is 16.3 Å². The van der Waals surface area contributed by atoms with Crippen molar-refractivity contribution >= 4 is 17.6 Å². The summed E-state index contributed by atoms with van der Waals surface area (Å²) < 4.78 is 62.4. The van der Waals surface area contributed by atoms with E-state index in [1.54, 1.807) is 35.2 Å². The van der Waals surface area contributed by atoms with Gasteiger partial charge in [0.2, 0.25) is 0 Å². The largest absolute Gasteiger partial charge is 0.419 e. The van der Waals surface area contributed by atoms with Crippen molar-refractivity contribution in [1.82, 2.24) is 10.2 Å². The summed E-state index contributed by atoms with van der Waals surface area (Å²) in [4.78, 5) is 14.0. The molecule has 0 spiro atoms. The molecule has 0 radical (unpaired) electrons. The predicted molar refractivity (Wildman–Crippen MR) is 117 cm³/mol. The second-order valence-electron chi connectivity index (χ2n) is 8.53. The van der Waals surface area contributed by atoms with Gasteiger partial charge < -0.3 is 15.0 Å². The highest BCUT2D eigenvalue weighted by atomic mass is 35.5. The van der Waals surface area contributed by atoms with Crippen LogP contribution in [0, 0.1) is 5.82 Å². The van der Waals surface area contributed by atoms with Crippen LogP contribution in [0.15, 0.2) is 42.5 Å². The van der Waals surface area contributed by atoms with Gasteiger partial charge in [-0.15, -0.1) is 0 Å². The molecule has 4 rings (SSSR count). The number of hydrogen-bond acceptors (Lipinski definition) is 2. The zero-order chi connectivity index (χ0) is 23.6. The molecule has 3 atom stereocenters. The van der Waals surface area contributed by atoms with Gasteiger partial charge in [-0.1, -0.05) is 48.0 Å². The molecule has 0 aromatic heterocycles. The van der Waals surface area contributed by atoms with Gasteiger partial charge in [0, 0.05) is 24.7 Å². The smallest absolute Gasteiger partial charge is 0.365 e. The first-order valence-corrected chi connectivity index (χ1v) is 11.4. The van der Waals surface area contributed by atoms with Crippen molar-refractivity contribution in [3.8, 4) is 0 Å². The molecule has 178 valence electrons. The fourth-order valence-corrected chi connectivity index (χ4v) is 4.57. The highest BCUT2D eigenvalue weighted by molar-refractivity contribution is 6.30. The molecule has 1 heterocycles. The third kappa shape index (κ3) is 5.44. The Balaban J connectivity index is 1.60. The standard InChI is InChI=1S/C24H25ClF4N2O2/c25-19-11-10-18(20(21(19)26)24(27,28)29)22(15-6-2-1-3-7-15)33-17-9-4-8-16(14-17)30-23(32)31-12-5-13-31/h1-3,6-7,10-11,16-17,22H,4-5,8-9,12-14H2,(H,30,32). The van der Waals surface area contributed by atoms with Gasteiger partial charge in [0.1, 0.15) is 6.10 Å². The summed E-state index contributed by atoms with van der Waals surface area (Å²) in [6.45, 7) is 1.47. The van der Waals surface area contributed by atoms with E-state index < -0.39 is 34.8 Å². The second kappa shape index (κ2) is 9.89. The van der Waals surface area contributed by atoms with Crippen molar-refractivity contribution in [2.45, 2.75) is 56.5 Å². The van der Waals surface area contributed by atoms with Crippen LogP contribution in [0.3, 0.4) is 0 Å². The molecule has 1 saturated heterocycles. The molecular formula is C24H25ClF4N2O2. The van der Waals surface area contributed by atoms with Gasteiger partial charge >= 0.3 is 12.2 Å². The highest BCUT2D eigenvalue weighted by Gasteiger charge is 2.41. The molecule has 1 N–H and O–H groups in total. The minimum atomic E-state index is -4.94. The number of benzene rings is 2. The van der Waals surface area contributed by atoms with E-state index in [1.807, 2.05) is 0 Å². The van der Waals surface area contributed by atoms with Crippen LogP contribution in [0.4, 0.5) is 22.4 Å². The maximum Gasteiger partial charge on any atom is 0.419 e. The van der Waals surface area contributed by atoms with E-state index in [0.29, 0.717) is 18.4 Å². The SMILES string of the molecule is O=C(NC1CCCC(OC(c2ccccc2)c2ccc(Cl)c(F)c2C(F)(F)F)C1)N1CCC1. The molecule has 2 aromatic rings. The first-order chi connectivity index (χ1) is 15.7. The lowest BCUT2D eigenvalue weighted by molar-refractivity contribution is -0.142. The third-order valence-electron chi connectivity index (χ3n) is 6.22. The van der Waals surface area contributed by atoms with Crippen LogP contribution in [0.2, 0.25) is 5.02 Å². The zero-order valence-electron chi connectivity index (χ0n) is 17.9. The van der Waals surface area contributed by atoms with E-state index in [9.17, 15) is 22.4 Å². The van der Waals surface area contributed by atoms with Crippen LogP contribution in [0.5, 0.6) is 0 Å². The number of urea groups is 1. The Labute approximate surface area is 194 Å². The molecule has 33 heavy (non-hydrogen) atoms. The number of carbonyl (C=O) groups is 1. The third-order valence-corrected chi connectivity index (χ3v) is 6.51. The average Bonchev–Trinajstić information content (AvgIpc) is 2.72. The quantitative estimate of drug-likeness (QED) is 0.504. The lowest BCUT2D eigenvalue weighted by Crippen LogP contribution is -2.52. The minimum absolute atomic E-state index is 0.120. The minimum Gasteiger partial charge on any atom is -0.365 e. The van der Waals surface area contributed by atoms with Crippen LogP contribution < -0.4 is 5.32 Å². The number of halogens is 5. The lowest BCUT2D eigenvalue weighted by Gasteiger charge is -2.36. The molecule has 1 aliphatic carbocycles. The molecular weight excluding hydrogens is 460 g/mol. The van der Waals surface area contributed by atoms with Gasteiger partial charge in [-0.25, -0.2) is 9.18 Å². The Hall–Kier alpha value is -2.32. The number of hydrogen-bond donors (Lipinski definition) is 1. The number of ether oxygens (including phenoxy) is 1. The summed E-state index contributed by atoms with van der Waals surface area (Å²) in [5, 5.41) is 2.41. The summed E-state index contributed by atoms with van der Waals surface area (Å²) >= 11 is 5.68. The van der Waals surface area contributed by atoms with Crippen molar-refractivity contribution in [3.05, 3.63) is 70.0 Å². The molecule has 2 aliphatic rings. The Morgan fingerprint density at radius 3 is 2.45 bits per heavy atom. The van der Waals surface area contributed by atoms with Crippen molar-refractivity contribution in [2.75, 3.05) is 13.1 Å². The maximum atomic E-state index is 14.6. The van der Waals surface area contributed by atoms with Crippen LogP contribution in [0.25, 0.3) is 0 Å². The van der Waals surface area contributed by atoms with Crippen molar-refractivity contribution in [3.63, 3.8) is 0 Å². The van der Waals surface area contributed by atoms with Crippen molar-refractivity contribution in [1.29, 1.82) is 0 Å². The highest BCUT2D eigenvalue weighted by Crippen LogP contribution is 2.42. The van der Waals surface area contributed by atoms with Crippen LogP contribution in [-0.2, 0) is 10.9 Å². The molecule has 3 unspecified atom stereocenters. The number of alkyl halides is 3. The number of rotatable bonds is 5. The van der Waals surface area contributed by atoms with E-state index in [2.05, 4.69) is 5.32 Å². The van der Waals surface area contributed by atoms with Crippen molar-refractivity contribution < 1.29 is 27.1 Å². The normalized spacial score (nSPS) is 21.9. The first kappa shape index (κ1) is 23.8. The number of amides is 2. The summed E-state index contributed by atoms with van der Waals surface area (Å²) in [5.41, 5.74) is -1.25. The Morgan fingerprint density at radius 1 is 1.09 bits per heavy atom. The molecule has 1 saturated carbocycles. The van der Waals surface area contributed by atoms with Gasteiger partial charge in [0.25, 0.3) is 0 Å². The topological polar surface area (TPSA) is 41.6 Å². The van der Waals surface area contributed by atoms with E-state index in [0.717, 1.165) is 38.4 Å². The molecule has 4 nitrogen and oxygen atoms in total. The molecule has 2 amide bonds. The van der Waals surface area contributed by atoms with Crippen LogP contribution in [0.1, 0.15) is 54.9 Å². The first-order valence-electron chi connectivity index (χ1n) is 11.0.